The molecule has 0 unspecified atom stereocenters. The number of aromatic nitrogens is 2. The monoisotopic (exact) mass is 386 g/mol. The predicted molar refractivity (Wildman–Crippen MR) is 102 cm³/mol. The minimum Gasteiger partial charge on any atom is -0.465 e. The molecule has 0 aliphatic rings. The van der Waals surface area contributed by atoms with E-state index in [1.165, 1.54) is 25.6 Å². The van der Waals surface area contributed by atoms with Crippen LogP contribution in [0.3, 0.4) is 0 Å². The summed E-state index contributed by atoms with van der Waals surface area (Å²) < 4.78 is 17.7. The summed E-state index contributed by atoms with van der Waals surface area (Å²) in [6.45, 7) is 0.481. The van der Waals surface area contributed by atoms with Crippen LogP contribution in [0.5, 0.6) is 0 Å². The van der Waals surface area contributed by atoms with Crippen molar-refractivity contribution in [2.75, 3.05) is 17.7 Å². The molecule has 2 aromatic carbocycles. The average Bonchev–Trinajstić information content (AvgIpc) is 2.69. The third kappa shape index (κ3) is 4.92. The van der Waals surface area contributed by atoms with E-state index in [4.69, 9.17) is 16.3 Å². The van der Waals surface area contributed by atoms with E-state index in [1.54, 1.807) is 36.4 Å². The van der Waals surface area contributed by atoms with Gasteiger partial charge in [-0.15, -0.1) is 0 Å². The molecule has 138 valence electrons. The number of rotatable bonds is 6. The number of nitrogens with one attached hydrogen (secondary N) is 2. The Bertz CT molecular complexity index is 951. The van der Waals surface area contributed by atoms with E-state index in [2.05, 4.69) is 20.6 Å². The topological polar surface area (TPSA) is 76.1 Å². The molecule has 0 aliphatic heterocycles. The molecule has 0 spiro atoms. The molecule has 0 amide bonds. The van der Waals surface area contributed by atoms with Gasteiger partial charge in [-0.2, -0.15) is 0 Å². The third-order valence-corrected chi connectivity index (χ3v) is 4.03. The second-order valence-electron chi connectivity index (χ2n) is 5.58. The summed E-state index contributed by atoms with van der Waals surface area (Å²) in [6, 6.07) is 12.7. The molecule has 1 heterocycles. The van der Waals surface area contributed by atoms with Gasteiger partial charge in [-0.05, 0) is 35.9 Å². The molecule has 1 aromatic heterocycles. The van der Waals surface area contributed by atoms with Crippen LogP contribution in [-0.2, 0) is 11.3 Å². The van der Waals surface area contributed by atoms with E-state index in [9.17, 15) is 9.18 Å². The van der Waals surface area contributed by atoms with Crippen LogP contribution in [0.1, 0.15) is 15.9 Å². The summed E-state index contributed by atoms with van der Waals surface area (Å²) in [6.07, 6.45) is 1.40. The number of ether oxygens (including phenoxy) is 1. The highest BCUT2D eigenvalue weighted by Crippen LogP contribution is 2.26. The zero-order valence-corrected chi connectivity index (χ0v) is 15.1. The Labute approximate surface area is 160 Å². The van der Waals surface area contributed by atoms with Gasteiger partial charge in [0.05, 0.1) is 23.4 Å². The van der Waals surface area contributed by atoms with Gasteiger partial charge in [0.1, 0.15) is 23.8 Å². The summed E-state index contributed by atoms with van der Waals surface area (Å²) in [5.74, 6) is 0.338. The standard InChI is InChI=1S/C19H16ClFN4O2/c1-27-19(26)13-4-7-15(20)16(8-13)25-18-9-17(23-11-24-18)22-10-12-2-5-14(21)6-3-12/h2-9,11H,10H2,1H3,(H2,22,23,24,25). The van der Waals surface area contributed by atoms with Crippen LogP contribution in [-0.4, -0.2) is 23.0 Å². The van der Waals surface area contributed by atoms with Crippen molar-refractivity contribution < 1.29 is 13.9 Å². The van der Waals surface area contributed by atoms with Crippen molar-refractivity contribution in [3.05, 3.63) is 76.8 Å². The number of hydrogen-bond acceptors (Lipinski definition) is 6. The highest BCUT2D eigenvalue weighted by molar-refractivity contribution is 6.33. The first-order valence-corrected chi connectivity index (χ1v) is 8.38. The maximum Gasteiger partial charge on any atom is 0.337 e. The number of carbonyl (C=O) groups is 1. The first-order valence-electron chi connectivity index (χ1n) is 8.00. The van der Waals surface area contributed by atoms with Crippen molar-refractivity contribution in [2.45, 2.75) is 6.54 Å². The van der Waals surface area contributed by atoms with Gasteiger partial charge >= 0.3 is 5.97 Å². The second-order valence-corrected chi connectivity index (χ2v) is 5.99. The molecule has 0 fully saturated rings. The van der Waals surface area contributed by atoms with Crippen molar-refractivity contribution in [1.29, 1.82) is 0 Å². The van der Waals surface area contributed by atoms with Crippen LogP contribution in [0, 0.1) is 5.82 Å². The van der Waals surface area contributed by atoms with Crippen LogP contribution in [0.25, 0.3) is 0 Å². The Morgan fingerprint density at radius 1 is 1.11 bits per heavy atom. The van der Waals surface area contributed by atoms with E-state index >= 15 is 0 Å². The Morgan fingerprint density at radius 2 is 1.85 bits per heavy atom. The molecule has 0 radical (unpaired) electrons. The van der Waals surface area contributed by atoms with Crippen LogP contribution < -0.4 is 10.6 Å². The SMILES string of the molecule is COC(=O)c1ccc(Cl)c(Nc2cc(NCc3ccc(F)cc3)ncn2)c1. The highest BCUT2D eigenvalue weighted by atomic mass is 35.5. The fraction of sp³-hybridized carbons (Fsp3) is 0.105. The summed E-state index contributed by atoms with van der Waals surface area (Å²) in [5.41, 5.74) is 1.80. The molecule has 3 aromatic rings. The molecule has 0 bridgehead atoms. The first-order chi connectivity index (χ1) is 13.0. The van der Waals surface area contributed by atoms with E-state index in [0.717, 1.165) is 5.56 Å². The number of hydrogen-bond donors (Lipinski definition) is 2. The van der Waals surface area contributed by atoms with Crippen LogP contribution in [0.15, 0.2) is 54.9 Å². The molecular weight excluding hydrogens is 371 g/mol. The molecule has 0 atom stereocenters. The fourth-order valence-electron chi connectivity index (χ4n) is 2.32. The van der Waals surface area contributed by atoms with Gasteiger partial charge in [0, 0.05) is 12.6 Å². The molecule has 0 aliphatic carbocycles. The smallest absolute Gasteiger partial charge is 0.337 e. The van der Waals surface area contributed by atoms with Gasteiger partial charge in [0.15, 0.2) is 0 Å². The molecule has 3 rings (SSSR count). The molecule has 0 saturated heterocycles. The molecule has 8 heteroatoms. The highest BCUT2D eigenvalue weighted by Gasteiger charge is 2.10. The largest absolute Gasteiger partial charge is 0.465 e. The number of nitrogens with zero attached hydrogens (tertiary/aromatic N) is 2. The number of benzene rings is 2. The lowest BCUT2D eigenvalue weighted by atomic mass is 10.2. The van der Waals surface area contributed by atoms with Gasteiger partial charge in [-0.25, -0.2) is 19.2 Å². The lowest BCUT2D eigenvalue weighted by Crippen LogP contribution is -2.04. The minimum atomic E-state index is -0.459. The predicted octanol–water partition coefficient (Wildman–Crippen LogP) is 4.41. The van der Waals surface area contributed by atoms with Crippen molar-refractivity contribution >= 4 is 34.9 Å². The second kappa shape index (κ2) is 8.46. The molecule has 6 nitrogen and oxygen atoms in total. The van der Waals surface area contributed by atoms with E-state index in [-0.39, 0.29) is 5.82 Å². The number of anilines is 3. The summed E-state index contributed by atoms with van der Waals surface area (Å²) in [7, 11) is 1.31. The van der Waals surface area contributed by atoms with Crippen LogP contribution in [0.4, 0.5) is 21.7 Å². The van der Waals surface area contributed by atoms with Crippen LogP contribution >= 0.6 is 11.6 Å². The zero-order chi connectivity index (χ0) is 19.2. The Kier molecular flexibility index (Phi) is 5.83. The van der Waals surface area contributed by atoms with E-state index in [1.807, 2.05) is 0 Å². The van der Waals surface area contributed by atoms with Crippen molar-refractivity contribution in [2.24, 2.45) is 0 Å². The molecule has 0 saturated carbocycles. The van der Waals surface area contributed by atoms with Gasteiger partial charge in [0.2, 0.25) is 0 Å². The molecule has 27 heavy (non-hydrogen) atoms. The minimum absolute atomic E-state index is 0.279. The Morgan fingerprint density at radius 3 is 2.59 bits per heavy atom. The molecular formula is C19H16ClFN4O2. The van der Waals surface area contributed by atoms with Gasteiger partial charge in [-0.3, -0.25) is 0 Å². The summed E-state index contributed by atoms with van der Waals surface area (Å²) in [4.78, 5) is 20.0. The quantitative estimate of drug-likeness (QED) is 0.611. The lowest BCUT2D eigenvalue weighted by molar-refractivity contribution is 0.0601. The normalized spacial score (nSPS) is 10.3. The fourth-order valence-corrected chi connectivity index (χ4v) is 2.49. The number of halogens is 2. The Hall–Kier alpha value is -3.19. The third-order valence-electron chi connectivity index (χ3n) is 3.70. The van der Waals surface area contributed by atoms with E-state index < -0.39 is 5.97 Å². The van der Waals surface area contributed by atoms with Gasteiger partial charge in [-0.1, -0.05) is 23.7 Å². The lowest BCUT2D eigenvalue weighted by Gasteiger charge is -2.11. The Balaban J connectivity index is 1.72. The zero-order valence-electron chi connectivity index (χ0n) is 14.4. The van der Waals surface area contributed by atoms with Gasteiger partial charge in [0.25, 0.3) is 0 Å². The van der Waals surface area contributed by atoms with E-state index in [0.29, 0.717) is 34.5 Å². The first kappa shape index (κ1) is 18.6. The number of methoxy groups -OCH3 is 1. The van der Waals surface area contributed by atoms with Crippen molar-refractivity contribution in [3.63, 3.8) is 0 Å². The summed E-state index contributed by atoms with van der Waals surface area (Å²) in [5, 5.41) is 6.63. The maximum absolute atomic E-state index is 13.0. The van der Waals surface area contributed by atoms with Gasteiger partial charge < -0.3 is 15.4 Å². The summed E-state index contributed by atoms with van der Waals surface area (Å²) >= 11 is 6.18. The molecule has 2 N–H and O–H groups in total. The maximum atomic E-state index is 13.0. The van der Waals surface area contributed by atoms with Crippen LogP contribution in [0.2, 0.25) is 5.02 Å². The number of carbonyl (C=O) groups excluding carboxylic acids is 1. The van der Waals surface area contributed by atoms with Crippen molar-refractivity contribution in [3.8, 4) is 0 Å². The van der Waals surface area contributed by atoms with Crippen molar-refractivity contribution in [1.82, 2.24) is 9.97 Å². The number of esters is 1. The average molecular weight is 387 g/mol.